The second-order valence-corrected chi connectivity index (χ2v) is 5.69. The minimum atomic E-state index is -0.514. The second-order valence-electron chi connectivity index (χ2n) is 5.69. The van der Waals surface area contributed by atoms with E-state index >= 15 is 0 Å². The molecule has 7 nitrogen and oxygen atoms in total. The molecule has 0 unspecified atom stereocenters. The normalized spacial score (nSPS) is 22.9. The number of rotatable bonds is 5. The maximum Gasteiger partial charge on any atom is 0.287 e. The quantitative estimate of drug-likeness (QED) is 0.624. The zero-order valence-corrected chi connectivity index (χ0v) is 11.2. The van der Waals surface area contributed by atoms with Crippen LogP contribution in [0.2, 0.25) is 0 Å². The molecule has 0 aromatic carbocycles. The van der Waals surface area contributed by atoms with Gasteiger partial charge in [0.15, 0.2) is 0 Å². The number of H-pyrrole nitrogens is 1. The van der Waals surface area contributed by atoms with Crippen molar-refractivity contribution < 1.29 is 9.72 Å². The Morgan fingerprint density at radius 3 is 2.95 bits per heavy atom. The fraction of sp³-hybridized carbons (Fsp3) is 0.615. The molecule has 1 aromatic rings. The molecular formula is C13H18N4O3. The first-order valence-corrected chi connectivity index (χ1v) is 6.98. The van der Waals surface area contributed by atoms with E-state index in [1.165, 1.54) is 25.1 Å². The van der Waals surface area contributed by atoms with Gasteiger partial charge in [0.1, 0.15) is 5.69 Å². The smallest absolute Gasteiger partial charge is 0.287 e. The summed E-state index contributed by atoms with van der Waals surface area (Å²) in [6, 6.07) is 1.41. The molecule has 7 heteroatoms. The highest BCUT2D eigenvalue weighted by molar-refractivity contribution is 5.93. The molecule has 2 fully saturated rings. The number of amides is 1. The van der Waals surface area contributed by atoms with Crippen molar-refractivity contribution in [3.63, 3.8) is 0 Å². The Morgan fingerprint density at radius 2 is 2.30 bits per heavy atom. The molecule has 1 aliphatic heterocycles. The molecule has 0 bridgehead atoms. The third-order valence-corrected chi connectivity index (χ3v) is 3.94. The lowest BCUT2D eigenvalue weighted by Gasteiger charge is -2.15. The topological polar surface area (TPSA) is 91.3 Å². The van der Waals surface area contributed by atoms with Gasteiger partial charge in [-0.25, -0.2) is 0 Å². The Morgan fingerprint density at radius 1 is 1.50 bits per heavy atom. The van der Waals surface area contributed by atoms with Gasteiger partial charge in [0.2, 0.25) is 0 Å². The summed E-state index contributed by atoms with van der Waals surface area (Å²) in [5.74, 6) is 0.590. The first-order chi connectivity index (χ1) is 9.61. The SMILES string of the molecule is O=C(N[C@@H]1CCN(CC2CC2)C1)c1cc([N+](=O)[O-])c[nH]1. The Balaban J connectivity index is 1.51. The van der Waals surface area contributed by atoms with Crippen LogP contribution in [-0.2, 0) is 0 Å². The Labute approximate surface area is 116 Å². The van der Waals surface area contributed by atoms with Crippen LogP contribution in [0.5, 0.6) is 0 Å². The van der Waals surface area contributed by atoms with Crippen molar-refractivity contribution in [2.24, 2.45) is 5.92 Å². The summed E-state index contributed by atoms with van der Waals surface area (Å²) in [6.07, 6.45) is 4.85. The number of hydrogen-bond donors (Lipinski definition) is 2. The number of carbonyl (C=O) groups is 1. The van der Waals surface area contributed by atoms with E-state index in [-0.39, 0.29) is 23.3 Å². The number of likely N-dealkylation sites (tertiary alicyclic amines) is 1. The maximum absolute atomic E-state index is 12.0. The van der Waals surface area contributed by atoms with Gasteiger partial charge in [-0.1, -0.05) is 0 Å². The summed E-state index contributed by atoms with van der Waals surface area (Å²) in [6.45, 7) is 3.04. The fourth-order valence-corrected chi connectivity index (χ4v) is 2.66. The Hall–Kier alpha value is -1.89. The summed E-state index contributed by atoms with van der Waals surface area (Å²) in [7, 11) is 0. The van der Waals surface area contributed by atoms with Gasteiger partial charge in [-0.3, -0.25) is 14.9 Å². The average molecular weight is 278 g/mol. The highest BCUT2D eigenvalue weighted by atomic mass is 16.6. The van der Waals surface area contributed by atoms with E-state index in [1.54, 1.807) is 0 Å². The average Bonchev–Trinajstić information content (AvgIpc) is 2.92. The van der Waals surface area contributed by atoms with Crippen LogP contribution >= 0.6 is 0 Å². The van der Waals surface area contributed by atoms with Crippen molar-refractivity contribution >= 4 is 11.6 Å². The molecule has 1 atom stereocenters. The number of aromatic amines is 1. The number of nitrogens with one attached hydrogen (secondary N) is 2. The molecule has 1 aromatic heterocycles. The van der Waals surface area contributed by atoms with Crippen molar-refractivity contribution in [1.82, 2.24) is 15.2 Å². The standard InChI is InChI=1S/C13H18N4O3/c18-13(12-5-11(6-14-12)17(19)20)15-10-3-4-16(8-10)7-9-1-2-9/h5-6,9-10,14H,1-4,7-8H2,(H,15,18)/t10-/m1/s1. The summed E-state index contributed by atoms with van der Waals surface area (Å²) < 4.78 is 0. The van der Waals surface area contributed by atoms with Gasteiger partial charge in [0.25, 0.3) is 11.6 Å². The van der Waals surface area contributed by atoms with E-state index in [4.69, 9.17) is 0 Å². The molecule has 20 heavy (non-hydrogen) atoms. The van der Waals surface area contributed by atoms with Crippen LogP contribution in [0.4, 0.5) is 5.69 Å². The van der Waals surface area contributed by atoms with Gasteiger partial charge >= 0.3 is 0 Å². The molecule has 108 valence electrons. The lowest BCUT2D eigenvalue weighted by molar-refractivity contribution is -0.384. The van der Waals surface area contributed by atoms with Crippen molar-refractivity contribution in [2.45, 2.75) is 25.3 Å². The first-order valence-electron chi connectivity index (χ1n) is 6.98. The van der Waals surface area contributed by atoms with E-state index in [1.807, 2.05) is 0 Å². The van der Waals surface area contributed by atoms with Gasteiger partial charge in [-0.05, 0) is 25.2 Å². The number of nitro groups is 1. The molecule has 2 N–H and O–H groups in total. The lowest BCUT2D eigenvalue weighted by Crippen LogP contribution is -2.37. The molecule has 1 saturated carbocycles. The van der Waals surface area contributed by atoms with E-state index in [0.717, 1.165) is 32.0 Å². The largest absolute Gasteiger partial charge is 0.351 e. The van der Waals surface area contributed by atoms with Crippen molar-refractivity contribution in [2.75, 3.05) is 19.6 Å². The maximum atomic E-state index is 12.0. The van der Waals surface area contributed by atoms with Gasteiger partial charge < -0.3 is 15.2 Å². The minimum absolute atomic E-state index is 0.0862. The predicted octanol–water partition coefficient (Wildman–Crippen LogP) is 1.14. The van der Waals surface area contributed by atoms with Crippen LogP contribution in [0.1, 0.15) is 29.8 Å². The molecule has 1 saturated heterocycles. The molecule has 2 heterocycles. The van der Waals surface area contributed by atoms with Crippen molar-refractivity contribution in [3.8, 4) is 0 Å². The third kappa shape index (κ3) is 2.98. The van der Waals surface area contributed by atoms with Crippen LogP contribution in [0.25, 0.3) is 0 Å². The zero-order valence-electron chi connectivity index (χ0n) is 11.2. The van der Waals surface area contributed by atoms with Gasteiger partial charge in [0, 0.05) is 31.7 Å². The number of carbonyl (C=O) groups excluding carboxylic acids is 1. The molecular weight excluding hydrogens is 260 g/mol. The third-order valence-electron chi connectivity index (χ3n) is 3.94. The summed E-state index contributed by atoms with van der Waals surface area (Å²) in [4.78, 5) is 27.1. The molecule has 1 aliphatic carbocycles. The molecule has 2 aliphatic rings. The van der Waals surface area contributed by atoms with E-state index < -0.39 is 4.92 Å². The van der Waals surface area contributed by atoms with E-state index in [0.29, 0.717) is 0 Å². The molecule has 1 amide bonds. The van der Waals surface area contributed by atoms with E-state index in [2.05, 4.69) is 15.2 Å². The summed E-state index contributed by atoms with van der Waals surface area (Å²) in [5.41, 5.74) is 0.161. The summed E-state index contributed by atoms with van der Waals surface area (Å²) in [5, 5.41) is 13.5. The Kier molecular flexibility index (Phi) is 3.43. The summed E-state index contributed by atoms with van der Waals surface area (Å²) >= 11 is 0. The zero-order chi connectivity index (χ0) is 14.1. The van der Waals surface area contributed by atoms with E-state index in [9.17, 15) is 14.9 Å². The van der Waals surface area contributed by atoms with Crippen LogP contribution in [-0.4, -0.2) is 46.4 Å². The Bertz CT molecular complexity index is 523. The van der Waals surface area contributed by atoms with Gasteiger partial charge in [-0.2, -0.15) is 0 Å². The first kappa shape index (κ1) is 13.1. The highest BCUT2D eigenvalue weighted by Gasteiger charge is 2.30. The monoisotopic (exact) mass is 278 g/mol. The molecule has 0 spiro atoms. The van der Waals surface area contributed by atoms with Crippen LogP contribution in [0.3, 0.4) is 0 Å². The minimum Gasteiger partial charge on any atom is -0.351 e. The highest BCUT2D eigenvalue weighted by Crippen LogP contribution is 2.30. The number of aromatic nitrogens is 1. The van der Waals surface area contributed by atoms with Crippen molar-refractivity contribution in [3.05, 3.63) is 28.1 Å². The predicted molar refractivity (Wildman–Crippen MR) is 72.5 cm³/mol. The van der Waals surface area contributed by atoms with Gasteiger partial charge in [-0.15, -0.1) is 0 Å². The van der Waals surface area contributed by atoms with Crippen LogP contribution in [0, 0.1) is 16.0 Å². The molecule has 3 rings (SSSR count). The number of nitrogens with zero attached hydrogens (tertiary/aromatic N) is 2. The van der Waals surface area contributed by atoms with Crippen molar-refractivity contribution in [1.29, 1.82) is 0 Å². The van der Waals surface area contributed by atoms with Crippen LogP contribution < -0.4 is 5.32 Å². The number of hydrogen-bond acceptors (Lipinski definition) is 4. The van der Waals surface area contributed by atoms with Gasteiger partial charge in [0.05, 0.1) is 11.1 Å². The molecule has 0 radical (unpaired) electrons. The fourth-order valence-electron chi connectivity index (χ4n) is 2.66. The van der Waals surface area contributed by atoms with Crippen LogP contribution in [0.15, 0.2) is 12.3 Å². The second kappa shape index (κ2) is 5.24. The lowest BCUT2D eigenvalue weighted by atomic mass is 10.2.